The summed E-state index contributed by atoms with van der Waals surface area (Å²) in [4.78, 5) is 25.1. The fourth-order valence-electron chi connectivity index (χ4n) is 5.71. The van der Waals surface area contributed by atoms with E-state index in [4.69, 9.17) is 14.2 Å². The Hall–Kier alpha value is -5.13. The van der Waals surface area contributed by atoms with Crippen molar-refractivity contribution in [1.82, 2.24) is 5.32 Å². The topological polar surface area (TPSA) is 118 Å². The Kier molecular flexibility index (Phi) is 12.0. The lowest BCUT2D eigenvalue weighted by Crippen LogP contribution is -2.38. The van der Waals surface area contributed by atoms with E-state index in [1.807, 2.05) is 115 Å². The molecule has 262 valence electrons. The first-order chi connectivity index (χ1) is 24.8. The molecule has 5 aromatic carbocycles. The quantitative estimate of drug-likeness (QED) is 0.0960. The number of rotatable bonds is 12. The van der Waals surface area contributed by atoms with Crippen LogP contribution in [-0.2, 0) is 27.4 Å². The Morgan fingerprint density at radius 1 is 0.725 bits per heavy atom. The van der Waals surface area contributed by atoms with Crippen LogP contribution in [0.4, 0.5) is 16.2 Å². The third-order valence-electron chi connectivity index (χ3n) is 8.51. The number of urea groups is 1. The summed E-state index contributed by atoms with van der Waals surface area (Å²) in [5.41, 5.74) is 5.07. The lowest BCUT2D eigenvalue weighted by atomic mass is 9.91. The van der Waals surface area contributed by atoms with Gasteiger partial charge in [0.25, 0.3) is 0 Å². The summed E-state index contributed by atoms with van der Waals surface area (Å²) >= 11 is 1.69. The van der Waals surface area contributed by atoms with Gasteiger partial charge >= 0.3 is 6.03 Å². The third-order valence-corrected chi connectivity index (χ3v) is 9.61. The Morgan fingerprint density at radius 3 is 2.00 bits per heavy atom. The lowest BCUT2D eigenvalue weighted by molar-refractivity contribution is -0.268. The summed E-state index contributed by atoms with van der Waals surface area (Å²) in [6.45, 7) is 3.95. The number of aliphatic hydroxyl groups is 1. The monoisotopic (exact) mass is 703 g/mol. The molecule has 3 amide bonds. The van der Waals surface area contributed by atoms with Crippen LogP contribution in [0.25, 0.3) is 0 Å². The normalized spacial score (nSPS) is 18.4. The molecule has 0 saturated carbocycles. The first-order valence-electron chi connectivity index (χ1n) is 16.8. The highest BCUT2D eigenvalue weighted by molar-refractivity contribution is 7.99. The molecule has 51 heavy (non-hydrogen) atoms. The predicted octanol–water partition coefficient (Wildman–Crippen LogP) is 8.84. The molecule has 1 saturated heterocycles. The molecule has 4 atom stereocenters. The van der Waals surface area contributed by atoms with E-state index in [1.54, 1.807) is 23.9 Å². The van der Waals surface area contributed by atoms with Gasteiger partial charge in [0.1, 0.15) is 11.5 Å². The zero-order valence-corrected chi connectivity index (χ0v) is 29.3. The van der Waals surface area contributed by atoms with Gasteiger partial charge in [0.15, 0.2) is 6.29 Å². The van der Waals surface area contributed by atoms with Gasteiger partial charge in [-0.1, -0.05) is 73.7 Å². The first-order valence-corrected chi connectivity index (χ1v) is 17.8. The van der Waals surface area contributed by atoms with E-state index in [1.165, 1.54) is 6.92 Å². The van der Waals surface area contributed by atoms with Crippen molar-refractivity contribution >= 4 is 35.1 Å². The van der Waals surface area contributed by atoms with Crippen molar-refractivity contribution < 1.29 is 28.9 Å². The van der Waals surface area contributed by atoms with Gasteiger partial charge in [0.2, 0.25) is 5.91 Å². The number of nitrogens with one attached hydrogen (secondary N) is 3. The number of amides is 3. The number of para-hydroxylation sites is 1. The number of thioether (sulfide) groups is 1. The van der Waals surface area contributed by atoms with Crippen LogP contribution in [0.2, 0.25) is 0 Å². The van der Waals surface area contributed by atoms with Gasteiger partial charge in [0, 0.05) is 47.0 Å². The lowest BCUT2D eigenvalue weighted by Gasteiger charge is -2.41. The fourth-order valence-corrected chi connectivity index (χ4v) is 6.77. The molecule has 1 aliphatic rings. The zero-order valence-electron chi connectivity index (χ0n) is 28.5. The molecule has 1 heterocycles. The number of ether oxygens (including phenoxy) is 3. The van der Waals surface area contributed by atoms with Crippen molar-refractivity contribution in [3.8, 4) is 11.5 Å². The Labute approximate surface area is 302 Å². The minimum absolute atomic E-state index is 0.0202. The largest absolute Gasteiger partial charge is 0.457 e. The SMILES string of the molecule is CC(=O)Nc1ccc(SCC2OC(c3ccc(CNC(=O)Nc4ccc(Oc5ccccc5)cc4)cc3)OC(c3ccc(CO)cc3)C2C)cc1. The van der Waals surface area contributed by atoms with Gasteiger partial charge in [-0.05, 0) is 77.4 Å². The van der Waals surface area contributed by atoms with E-state index < -0.39 is 6.29 Å². The first kappa shape index (κ1) is 35.7. The van der Waals surface area contributed by atoms with Crippen LogP contribution >= 0.6 is 11.8 Å². The van der Waals surface area contributed by atoms with Crippen LogP contribution in [0.3, 0.4) is 0 Å². The second-order valence-corrected chi connectivity index (χ2v) is 13.4. The Bertz CT molecular complexity index is 1870. The van der Waals surface area contributed by atoms with Gasteiger partial charge in [-0.15, -0.1) is 11.8 Å². The van der Waals surface area contributed by atoms with Crippen LogP contribution in [-0.4, -0.2) is 28.9 Å². The summed E-state index contributed by atoms with van der Waals surface area (Å²) < 4.78 is 19.0. The fraction of sp³-hybridized carbons (Fsp3) is 0.220. The van der Waals surface area contributed by atoms with E-state index >= 15 is 0 Å². The predicted molar refractivity (Wildman–Crippen MR) is 200 cm³/mol. The maximum absolute atomic E-state index is 12.7. The second-order valence-electron chi connectivity index (χ2n) is 12.3. The molecule has 0 bridgehead atoms. The molecular formula is C41H41N3O6S. The van der Waals surface area contributed by atoms with Gasteiger partial charge in [0.05, 0.1) is 18.8 Å². The maximum atomic E-state index is 12.7. The molecule has 4 N–H and O–H groups in total. The summed E-state index contributed by atoms with van der Waals surface area (Å²) in [6, 6.07) is 39.9. The van der Waals surface area contributed by atoms with E-state index in [0.29, 0.717) is 23.7 Å². The molecule has 0 aliphatic carbocycles. The molecular weight excluding hydrogens is 663 g/mol. The minimum Gasteiger partial charge on any atom is -0.457 e. The van der Waals surface area contributed by atoms with Crippen LogP contribution < -0.4 is 20.7 Å². The highest BCUT2D eigenvalue weighted by Gasteiger charge is 2.38. The summed E-state index contributed by atoms with van der Waals surface area (Å²) in [5.74, 6) is 2.06. The number of aliphatic hydroxyl groups excluding tert-OH is 1. The number of benzene rings is 5. The van der Waals surface area contributed by atoms with Crippen LogP contribution in [0.1, 0.15) is 48.5 Å². The van der Waals surface area contributed by atoms with Crippen molar-refractivity contribution in [3.63, 3.8) is 0 Å². The molecule has 0 spiro atoms. The van der Waals surface area contributed by atoms with E-state index in [-0.39, 0.29) is 36.7 Å². The van der Waals surface area contributed by atoms with Gasteiger partial charge in [-0.3, -0.25) is 4.79 Å². The number of carbonyl (C=O) groups is 2. The maximum Gasteiger partial charge on any atom is 0.319 e. The van der Waals surface area contributed by atoms with E-state index in [9.17, 15) is 14.7 Å². The molecule has 0 aromatic heterocycles. The molecule has 9 nitrogen and oxygen atoms in total. The van der Waals surface area contributed by atoms with Crippen LogP contribution in [0, 0.1) is 5.92 Å². The van der Waals surface area contributed by atoms with Crippen molar-refractivity contribution in [1.29, 1.82) is 0 Å². The number of hydrogen-bond donors (Lipinski definition) is 4. The third kappa shape index (κ3) is 9.99. The molecule has 6 rings (SSSR count). The summed E-state index contributed by atoms with van der Waals surface area (Å²) in [7, 11) is 0. The standard InChI is InChI=1S/C41H41N3O6S/c1-27-38(26-51-37-22-18-33(19-23-37)43-28(2)46)49-40(50-39(27)31-12-10-30(25-45)11-13-31)32-14-8-29(9-15-32)24-42-41(47)44-34-16-20-36(21-17-34)48-35-6-4-3-5-7-35/h3-23,27,38-40,45H,24-26H2,1-2H3,(H,43,46)(H2,42,44,47). The number of hydrogen-bond acceptors (Lipinski definition) is 7. The van der Waals surface area contributed by atoms with E-state index in [0.717, 1.165) is 38.6 Å². The number of anilines is 2. The molecule has 5 aromatic rings. The summed E-state index contributed by atoms with van der Waals surface area (Å²) in [6.07, 6.45) is -0.959. The van der Waals surface area contributed by atoms with Crippen molar-refractivity contribution in [2.45, 2.75) is 50.4 Å². The van der Waals surface area contributed by atoms with Crippen LogP contribution in [0.5, 0.6) is 11.5 Å². The van der Waals surface area contributed by atoms with Crippen molar-refractivity contribution in [2.75, 3.05) is 16.4 Å². The molecule has 1 aliphatic heterocycles. The smallest absolute Gasteiger partial charge is 0.319 e. The average molecular weight is 704 g/mol. The van der Waals surface area contributed by atoms with Crippen molar-refractivity contribution in [2.24, 2.45) is 5.92 Å². The average Bonchev–Trinajstić information content (AvgIpc) is 3.15. The van der Waals surface area contributed by atoms with E-state index in [2.05, 4.69) is 22.9 Å². The minimum atomic E-state index is -0.601. The summed E-state index contributed by atoms with van der Waals surface area (Å²) in [5, 5.41) is 18.1. The van der Waals surface area contributed by atoms with Gasteiger partial charge in [-0.2, -0.15) is 0 Å². The Morgan fingerprint density at radius 2 is 1.33 bits per heavy atom. The molecule has 10 heteroatoms. The highest BCUT2D eigenvalue weighted by atomic mass is 32.2. The molecule has 4 unspecified atom stereocenters. The molecule has 1 fully saturated rings. The van der Waals surface area contributed by atoms with Gasteiger partial charge < -0.3 is 35.3 Å². The van der Waals surface area contributed by atoms with Crippen molar-refractivity contribution in [3.05, 3.63) is 150 Å². The van der Waals surface area contributed by atoms with Crippen LogP contribution in [0.15, 0.2) is 132 Å². The zero-order chi connectivity index (χ0) is 35.6. The highest BCUT2D eigenvalue weighted by Crippen LogP contribution is 2.43. The number of carbonyl (C=O) groups excluding carboxylic acids is 2. The molecule has 0 radical (unpaired) electrons. The Balaban J connectivity index is 1.07. The second kappa shape index (κ2) is 17.2. The van der Waals surface area contributed by atoms with Gasteiger partial charge in [-0.25, -0.2) is 4.79 Å².